The van der Waals surface area contributed by atoms with Gasteiger partial charge in [-0.1, -0.05) is 12.1 Å². The van der Waals surface area contributed by atoms with Gasteiger partial charge < -0.3 is 10.1 Å². The van der Waals surface area contributed by atoms with Gasteiger partial charge in [-0.25, -0.2) is 0 Å². The SMILES string of the molecule is CC(CN1CCOCC1)NCc1ccc(C#N)cc1. The van der Waals surface area contributed by atoms with E-state index in [1.165, 1.54) is 5.56 Å². The minimum Gasteiger partial charge on any atom is -0.379 e. The average molecular weight is 259 g/mol. The highest BCUT2D eigenvalue weighted by molar-refractivity contribution is 5.31. The van der Waals surface area contributed by atoms with Crippen molar-refractivity contribution in [2.75, 3.05) is 32.8 Å². The van der Waals surface area contributed by atoms with Crippen LogP contribution in [0.3, 0.4) is 0 Å². The highest BCUT2D eigenvalue weighted by atomic mass is 16.5. The van der Waals surface area contributed by atoms with Crippen molar-refractivity contribution in [3.05, 3.63) is 35.4 Å². The molecule has 1 saturated heterocycles. The van der Waals surface area contributed by atoms with Crippen molar-refractivity contribution in [1.29, 1.82) is 5.26 Å². The summed E-state index contributed by atoms with van der Waals surface area (Å²) in [4.78, 5) is 2.43. The molecule has 19 heavy (non-hydrogen) atoms. The topological polar surface area (TPSA) is 48.3 Å². The lowest BCUT2D eigenvalue weighted by molar-refractivity contribution is 0.0343. The summed E-state index contributed by atoms with van der Waals surface area (Å²) in [7, 11) is 0. The molecule has 1 N–H and O–H groups in total. The molecule has 0 aliphatic carbocycles. The van der Waals surface area contributed by atoms with Crippen LogP contribution in [-0.4, -0.2) is 43.8 Å². The Morgan fingerprint density at radius 1 is 1.32 bits per heavy atom. The molecule has 1 aliphatic rings. The first-order chi connectivity index (χ1) is 9.28. The molecule has 0 aromatic heterocycles. The van der Waals surface area contributed by atoms with Crippen LogP contribution in [0.15, 0.2) is 24.3 Å². The third kappa shape index (κ3) is 4.64. The molecule has 0 bridgehead atoms. The van der Waals surface area contributed by atoms with Gasteiger partial charge in [0, 0.05) is 32.2 Å². The van der Waals surface area contributed by atoms with Gasteiger partial charge in [0.15, 0.2) is 0 Å². The van der Waals surface area contributed by atoms with Gasteiger partial charge in [0.25, 0.3) is 0 Å². The van der Waals surface area contributed by atoms with Crippen LogP contribution in [0, 0.1) is 11.3 Å². The lowest BCUT2D eigenvalue weighted by atomic mass is 10.1. The summed E-state index contributed by atoms with van der Waals surface area (Å²) in [5, 5.41) is 12.3. The number of hydrogen-bond donors (Lipinski definition) is 1. The number of benzene rings is 1. The van der Waals surface area contributed by atoms with Gasteiger partial charge in [0.2, 0.25) is 0 Å². The first-order valence-corrected chi connectivity index (χ1v) is 6.80. The third-order valence-electron chi connectivity index (χ3n) is 3.37. The van der Waals surface area contributed by atoms with Crippen molar-refractivity contribution in [1.82, 2.24) is 10.2 Å². The molecule has 1 unspecified atom stereocenters. The molecule has 1 aromatic carbocycles. The predicted molar refractivity (Wildman–Crippen MR) is 74.7 cm³/mol. The summed E-state index contributed by atoms with van der Waals surface area (Å²) in [6.45, 7) is 7.87. The Balaban J connectivity index is 1.73. The number of morpholine rings is 1. The van der Waals surface area contributed by atoms with Crippen LogP contribution in [-0.2, 0) is 11.3 Å². The Bertz CT molecular complexity index is 418. The molecule has 2 rings (SSSR count). The molecule has 4 nitrogen and oxygen atoms in total. The van der Waals surface area contributed by atoms with Crippen LogP contribution in [0.2, 0.25) is 0 Å². The van der Waals surface area contributed by atoms with E-state index in [4.69, 9.17) is 10.00 Å². The number of hydrogen-bond acceptors (Lipinski definition) is 4. The van der Waals surface area contributed by atoms with E-state index in [2.05, 4.69) is 23.2 Å². The van der Waals surface area contributed by atoms with Gasteiger partial charge >= 0.3 is 0 Å². The summed E-state index contributed by atoms with van der Waals surface area (Å²) in [5.74, 6) is 0. The smallest absolute Gasteiger partial charge is 0.0991 e. The molecule has 0 amide bonds. The molecule has 0 spiro atoms. The van der Waals surface area contributed by atoms with Crippen LogP contribution in [0.4, 0.5) is 0 Å². The maximum Gasteiger partial charge on any atom is 0.0991 e. The average Bonchev–Trinajstić information content (AvgIpc) is 2.47. The van der Waals surface area contributed by atoms with E-state index >= 15 is 0 Å². The molecule has 102 valence electrons. The standard InChI is InChI=1S/C15H21N3O/c1-13(12-18-6-8-19-9-7-18)17-11-15-4-2-14(10-16)3-5-15/h2-5,13,17H,6-9,11-12H2,1H3. The molecule has 1 atom stereocenters. The first-order valence-electron chi connectivity index (χ1n) is 6.80. The summed E-state index contributed by atoms with van der Waals surface area (Å²) in [6, 6.07) is 10.3. The monoisotopic (exact) mass is 259 g/mol. The molecule has 1 aliphatic heterocycles. The van der Waals surface area contributed by atoms with Crippen LogP contribution in [0.1, 0.15) is 18.1 Å². The van der Waals surface area contributed by atoms with Gasteiger partial charge in [-0.3, -0.25) is 4.90 Å². The molecule has 4 heteroatoms. The fraction of sp³-hybridized carbons (Fsp3) is 0.533. The molecule has 0 saturated carbocycles. The fourth-order valence-corrected chi connectivity index (χ4v) is 2.22. The van der Waals surface area contributed by atoms with E-state index in [1.54, 1.807) is 0 Å². The Labute approximate surface area is 115 Å². The molecule has 1 aromatic rings. The largest absolute Gasteiger partial charge is 0.379 e. The second kappa shape index (κ2) is 7.25. The van der Waals surface area contributed by atoms with E-state index in [9.17, 15) is 0 Å². The molecular formula is C15H21N3O. The number of nitrogens with zero attached hydrogens (tertiary/aromatic N) is 2. The van der Waals surface area contributed by atoms with Crippen molar-refractivity contribution in [2.45, 2.75) is 19.5 Å². The number of ether oxygens (including phenoxy) is 1. The Kier molecular flexibility index (Phi) is 5.34. The van der Waals surface area contributed by atoms with Gasteiger partial charge in [-0.05, 0) is 24.6 Å². The summed E-state index contributed by atoms with van der Waals surface area (Å²) in [6.07, 6.45) is 0. The second-order valence-corrected chi connectivity index (χ2v) is 5.00. The lowest BCUT2D eigenvalue weighted by Gasteiger charge is -2.29. The van der Waals surface area contributed by atoms with E-state index < -0.39 is 0 Å². The van der Waals surface area contributed by atoms with Crippen molar-refractivity contribution in [2.24, 2.45) is 0 Å². The molecule has 1 heterocycles. The van der Waals surface area contributed by atoms with Crippen LogP contribution in [0.25, 0.3) is 0 Å². The van der Waals surface area contributed by atoms with Crippen LogP contribution >= 0.6 is 0 Å². The summed E-state index contributed by atoms with van der Waals surface area (Å²) < 4.78 is 5.34. The van der Waals surface area contributed by atoms with E-state index in [-0.39, 0.29) is 0 Å². The molecular weight excluding hydrogens is 238 g/mol. The van der Waals surface area contributed by atoms with Crippen molar-refractivity contribution in [3.8, 4) is 6.07 Å². The summed E-state index contributed by atoms with van der Waals surface area (Å²) >= 11 is 0. The number of nitrogens with one attached hydrogen (secondary N) is 1. The van der Waals surface area contributed by atoms with Gasteiger partial charge in [0.05, 0.1) is 24.8 Å². The maximum atomic E-state index is 8.75. The van der Waals surface area contributed by atoms with Gasteiger partial charge in [-0.2, -0.15) is 5.26 Å². The molecule has 1 fully saturated rings. The van der Waals surface area contributed by atoms with Crippen molar-refractivity contribution < 1.29 is 4.74 Å². The van der Waals surface area contributed by atoms with Crippen LogP contribution < -0.4 is 5.32 Å². The van der Waals surface area contributed by atoms with E-state index in [0.29, 0.717) is 11.6 Å². The lowest BCUT2D eigenvalue weighted by Crippen LogP contribution is -2.44. The van der Waals surface area contributed by atoms with Crippen molar-refractivity contribution in [3.63, 3.8) is 0 Å². The maximum absolute atomic E-state index is 8.75. The van der Waals surface area contributed by atoms with Crippen molar-refractivity contribution >= 4 is 0 Å². The van der Waals surface area contributed by atoms with E-state index in [1.807, 2.05) is 24.3 Å². The third-order valence-corrected chi connectivity index (χ3v) is 3.37. The van der Waals surface area contributed by atoms with Gasteiger partial charge in [0.1, 0.15) is 0 Å². The predicted octanol–water partition coefficient (Wildman–Crippen LogP) is 1.37. The first kappa shape index (κ1) is 14.0. The fourth-order valence-electron chi connectivity index (χ4n) is 2.22. The zero-order valence-corrected chi connectivity index (χ0v) is 11.4. The van der Waals surface area contributed by atoms with Gasteiger partial charge in [-0.15, -0.1) is 0 Å². The van der Waals surface area contributed by atoms with Crippen LogP contribution in [0.5, 0.6) is 0 Å². The normalized spacial score (nSPS) is 17.9. The number of nitriles is 1. The minimum atomic E-state index is 0.453. The Morgan fingerprint density at radius 3 is 2.63 bits per heavy atom. The number of rotatable bonds is 5. The minimum absolute atomic E-state index is 0.453. The Morgan fingerprint density at radius 2 is 2.00 bits per heavy atom. The Hall–Kier alpha value is -1.41. The zero-order valence-electron chi connectivity index (χ0n) is 11.4. The van der Waals surface area contributed by atoms with E-state index in [0.717, 1.165) is 39.4 Å². The highest BCUT2D eigenvalue weighted by Gasteiger charge is 2.13. The second-order valence-electron chi connectivity index (χ2n) is 5.00. The summed E-state index contributed by atoms with van der Waals surface area (Å²) in [5.41, 5.74) is 1.93. The highest BCUT2D eigenvalue weighted by Crippen LogP contribution is 2.04. The quantitative estimate of drug-likeness (QED) is 0.867. The zero-order chi connectivity index (χ0) is 13.5. The molecule has 0 radical (unpaired) electrons.